The van der Waals surface area contributed by atoms with Crippen molar-refractivity contribution in [3.05, 3.63) is 48.5 Å². The Labute approximate surface area is 151 Å². The zero-order valence-corrected chi connectivity index (χ0v) is 15.4. The summed E-state index contributed by atoms with van der Waals surface area (Å²) in [6.45, 7) is 0. The molecule has 2 aromatic rings. The third kappa shape index (κ3) is 6.99. The van der Waals surface area contributed by atoms with Gasteiger partial charge < -0.3 is 19.0 Å². The fourth-order valence-corrected chi connectivity index (χ4v) is 2.75. The smallest absolute Gasteiger partial charge is 0.323 e. The van der Waals surface area contributed by atoms with Crippen LogP contribution >= 0.6 is 0 Å². The fourth-order valence-electron chi connectivity index (χ4n) is 1.83. The topological polar surface area (TPSA) is 128 Å². The van der Waals surface area contributed by atoms with Gasteiger partial charge in [-0.25, -0.2) is 4.79 Å². The average molecular weight is 400 g/mol. The molecule has 0 fully saturated rings. The molecular weight excluding hydrogens is 384 g/mol. The van der Waals surface area contributed by atoms with Crippen molar-refractivity contribution in [1.29, 1.82) is 0 Å². The van der Waals surface area contributed by atoms with Crippen LogP contribution in [0.2, 0.25) is 0 Å². The van der Waals surface area contributed by atoms with E-state index in [0.717, 1.165) is 12.5 Å². The van der Waals surface area contributed by atoms with Gasteiger partial charge in [-0.3, -0.25) is 0 Å². The standard InChI is InChI=1S/C15H16N2O7S2/c1-25(19,20)23-13-7-3-11(4-8-13)16-15(18)17-12-5-9-14(10-6-12)24-26(2,21)22/h3-10H,1-2H3,(H2,16,17,18). The van der Waals surface area contributed by atoms with Gasteiger partial charge in [0.25, 0.3) is 0 Å². The number of urea groups is 1. The lowest BCUT2D eigenvalue weighted by Gasteiger charge is -2.09. The van der Waals surface area contributed by atoms with Gasteiger partial charge in [0, 0.05) is 11.4 Å². The second kappa shape index (κ2) is 7.62. The number of carbonyl (C=O) groups is 1. The number of hydrogen-bond acceptors (Lipinski definition) is 7. The van der Waals surface area contributed by atoms with E-state index in [1.165, 1.54) is 48.5 Å². The van der Waals surface area contributed by atoms with Crippen molar-refractivity contribution in [2.24, 2.45) is 0 Å². The first-order valence-electron chi connectivity index (χ1n) is 7.07. The lowest BCUT2D eigenvalue weighted by atomic mass is 10.3. The van der Waals surface area contributed by atoms with Crippen molar-refractivity contribution in [2.75, 3.05) is 23.1 Å². The molecule has 2 aromatic carbocycles. The predicted molar refractivity (Wildman–Crippen MR) is 96.5 cm³/mol. The largest absolute Gasteiger partial charge is 0.383 e. The molecule has 0 heterocycles. The van der Waals surface area contributed by atoms with Crippen LogP contribution < -0.4 is 19.0 Å². The van der Waals surface area contributed by atoms with Gasteiger partial charge in [0.15, 0.2) is 0 Å². The molecule has 0 saturated heterocycles. The van der Waals surface area contributed by atoms with E-state index in [1.54, 1.807) is 0 Å². The number of rotatable bonds is 6. The van der Waals surface area contributed by atoms with Gasteiger partial charge in [-0.15, -0.1) is 0 Å². The first kappa shape index (κ1) is 19.5. The van der Waals surface area contributed by atoms with E-state index < -0.39 is 26.3 Å². The third-order valence-electron chi connectivity index (χ3n) is 2.72. The van der Waals surface area contributed by atoms with Gasteiger partial charge in [0.1, 0.15) is 11.5 Å². The first-order chi connectivity index (χ1) is 12.0. The van der Waals surface area contributed by atoms with Crippen LogP contribution in [0, 0.1) is 0 Å². The van der Waals surface area contributed by atoms with Crippen molar-refractivity contribution in [1.82, 2.24) is 0 Å². The van der Waals surface area contributed by atoms with Crippen LogP contribution in [0.3, 0.4) is 0 Å². The predicted octanol–water partition coefficient (Wildman–Crippen LogP) is 2.01. The van der Waals surface area contributed by atoms with Crippen molar-refractivity contribution >= 4 is 37.6 Å². The van der Waals surface area contributed by atoms with E-state index >= 15 is 0 Å². The maximum Gasteiger partial charge on any atom is 0.323 e. The van der Waals surface area contributed by atoms with Crippen LogP contribution in [0.25, 0.3) is 0 Å². The molecule has 0 bridgehead atoms. The number of hydrogen-bond donors (Lipinski definition) is 2. The van der Waals surface area contributed by atoms with E-state index in [9.17, 15) is 21.6 Å². The maximum absolute atomic E-state index is 11.9. The molecule has 0 aromatic heterocycles. The molecule has 2 amide bonds. The van der Waals surface area contributed by atoms with Crippen LogP contribution in [0.5, 0.6) is 11.5 Å². The molecule has 2 N–H and O–H groups in total. The summed E-state index contributed by atoms with van der Waals surface area (Å²) in [5, 5.41) is 5.10. The Morgan fingerprint density at radius 3 is 1.27 bits per heavy atom. The number of anilines is 2. The highest BCUT2D eigenvalue weighted by Crippen LogP contribution is 2.19. The van der Waals surface area contributed by atoms with Gasteiger partial charge in [0.2, 0.25) is 0 Å². The Morgan fingerprint density at radius 1 is 0.692 bits per heavy atom. The highest BCUT2D eigenvalue weighted by Gasteiger charge is 2.07. The number of benzene rings is 2. The fraction of sp³-hybridized carbons (Fsp3) is 0.133. The lowest BCUT2D eigenvalue weighted by Crippen LogP contribution is -2.19. The molecule has 0 unspecified atom stereocenters. The molecule has 0 spiro atoms. The Hall–Kier alpha value is -2.79. The maximum atomic E-state index is 11.9. The minimum absolute atomic E-state index is 0.125. The molecule has 11 heteroatoms. The molecule has 26 heavy (non-hydrogen) atoms. The van der Waals surface area contributed by atoms with Crippen LogP contribution in [0.4, 0.5) is 16.2 Å². The number of amides is 2. The van der Waals surface area contributed by atoms with Crippen LogP contribution in [0.1, 0.15) is 0 Å². The van der Waals surface area contributed by atoms with Gasteiger partial charge >= 0.3 is 26.3 Å². The Bertz CT molecular complexity index is 902. The summed E-state index contributed by atoms with van der Waals surface area (Å²) in [6.07, 6.45) is 1.86. The lowest BCUT2D eigenvalue weighted by molar-refractivity contribution is 0.262. The van der Waals surface area contributed by atoms with Crippen molar-refractivity contribution in [3.8, 4) is 11.5 Å². The quantitative estimate of drug-likeness (QED) is 0.710. The van der Waals surface area contributed by atoms with E-state index in [4.69, 9.17) is 8.37 Å². The van der Waals surface area contributed by atoms with E-state index in [2.05, 4.69) is 10.6 Å². The molecule has 0 radical (unpaired) electrons. The molecule has 0 aliphatic rings. The number of nitrogens with one attached hydrogen (secondary N) is 2. The molecule has 0 atom stereocenters. The summed E-state index contributed by atoms with van der Waals surface area (Å²) in [4.78, 5) is 11.9. The number of carbonyl (C=O) groups excluding carboxylic acids is 1. The molecular formula is C15H16N2O7S2. The summed E-state index contributed by atoms with van der Waals surface area (Å²) in [7, 11) is -7.23. The first-order valence-corrected chi connectivity index (χ1v) is 10.7. The van der Waals surface area contributed by atoms with Gasteiger partial charge in [-0.1, -0.05) is 0 Å². The molecule has 2 rings (SSSR count). The summed E-state index contributed by atoms with van der Waals surface area (Å²) in [5.74, 6) is 0.250. The minimum atomic E-state index is -3.62. The molecule has 0 aliphatic carbocycles. The summed E-state index contributed by atoms with van der Waals surface area (Å²) in [5.41, 5.74) is 0.834. The second-order valence-electron chi connectivity index (χ2n) is 5.20. The zero-order valence-electron chi connectivity index (χ0n) is 13.8. The Kier molecular flexibility index (Phi) is 5.73. The van der Waals surface area contributed by atoms with Crippen LogP contribution in [0.15, 0.2) is 48.5 Å². The minimum Gasteiger partial charge on any atom is -0.383 e. The Morgan fingerprint density at radius 2 is 1.00 bits per heavy atom. The normalized spacial score (nSPS) is 11.5. The summed E-state index contributed by atoms with van der Waals surface area (Å²) < 4.78 is 53.5. The SMILES string of the molecule is CS(=O)(=O)Oc1ccc(NC(=O)Nc2ccc(OS(C)(=O)=O)cc2)cc1. The molecule has 140 valence electrons. The highest BCUT2D eigenvalue weighted by atomic mass is 32.2. The van der Waals surface area contributed by atoms with E-state index in [1.807, 2.05) is 0 Å². The highest BCUT2D eigenvalue weighted by molar-refractivity contribution is 7.86. The van der Waals surface area contributed by atoms with E-state index in [-0.39, 0.29) is 11.5 Å². The average Bonchev–Trinajstić information content (AvgIpc) is 2.48. The van der Waals surface area contributed by atoms with Crippen molar-refractivity contribution in [3.63, 3.8) is 0 Å². The van der Waals surface area contributed by atoms with Gasteiger partial charge in [-0.05, 0) is 48.5 Å². The van der Waals surface area contributed by atoms with Gasteiger partial charge in [0.05, 0.1) is 12.5 Å². The van der Waals surface area contributed by atoms with Gasteiger partial charge in [-0.2, -0.15) is 16.8 Å². The van der Waals surface area contributed by atoms with Crippen molar-refractivity contribution in [2.45, 2.75) is 0 Å². The summed E-state index contributed by atoms with van der Waals surface area (Å²) >= 11 is 0. The second-order valence-corrected chi connectivity index (χ2v) is 8.35. The van der Waals surface area contributed by atoms with Crippen LogP contribution in [-0.4, -0.2) is 35.4 Å². The Balaban J connectivity index is 1.94. The summed E-state index contributed by atoms with van der Waals surface area (Å²) in [6, 6.07) is 10.9. The van der Waals surface area contributed by atoms with Crippen LogP contribution in [-0.2, 0) is 20.2 Å². The molecule has 9 nitrogen and oxygen atoms in total. The molecule has 0 saturated carbocycles. The zero-order chi connectivity index (χ0) is 19.4. The van der Waals surface area contributed by atoms with E-state index in [0.29, 0.717) is 11.4 Å². The third-order valence-corrected chi connectivity index (χ3v) is 3.71. The van der Waals surface area contributed by atoms with Crippen molar-refractivity contribution < 1.29 is 30.0 Å². The molecule has 0 aliphatic heterocycles. The monoisotopic (exact) mass is 400 g/mol.